The van der Waals surface area contributed by atoms with E-state index in [1.165, 1.54) is 24.3 Å². The SMILES string of the molecule is CCCOc1cc(F)c(-c2ccc3c(F)c(CCc4ccc(F)c(F)c4)ccc3c2)c(F)c1. The second-order valence-electron chi connectivity index (χ2n) is 7.83. The van der Waals surface area contributed by atoms with Crippen LogP contribution in [0.1, 0.15) is 24.5 Å². The van der Waals surface area contributed by atoms with Gasteiger partial charge in [0.15, 0.2) is 11.6 Å². The fourth-order valence-electron chi connectivity index (χ4n) is 3.79. The molecule has 6 heteroatoms. The molecule has 0 atom stereocenters. The first-order chi connectivity index (χ1) is 15.9. The molecule has 0 aliphatic carbocycles. The van der Waals surface area contributed by atoms with Gasteiger partial charge in [-0.15, -0.1) is 0 Å². The molecule has 0 unspecified atom stereocenters. The van der Waals surface area contributed by atoms with E-state index in [9.17, 15) is 17.6 Å². The number of benzene rings is 4. The van der Waals surface area contributed by atoms with Crippen LogP contribution in [0.2, 0.25) is 0 Å². The summed E-state index contributed by atoms with van der Waals surface area (Å²) in [5.41, 5.74) is 1.05. The van der Waals surface area contributed by atoms with Crippen LogP contribution in [0.3, 0.4) is 0 Å². The Morgan fingerprint density at radius 1 is 0.697 bits per heavy atom. The number of fused-ring (bicyclic) bond motifs is 1. The van der Waals surface area contributed by atoms with Crippen molar-refractivity contribution < 1.29 is 26.7 Å². The lowest BCUT2D eigenvalue weighted by Gasteiger charge is -2.12. The summed E-state index contributed by atoms with van der Waals surface area (Å²) in [5.74, 6) is -3.72. The summed E-state index contributed by atoms with van der Waals surface area (Å²) in [4.78, 5) is 0. The van der Waals surface area contributed by atoms with Gasteiger partial charge < -0.3 is 4.74 Å². The van der Waals surface area contributed by atoms with Gasteiger partial charge in [0, 0.05) is 17.5 Å². The molecule has 4 aromatic carbocycles. The quantitative estimate of drug-likeness (QED) is 0.258. The van der Waals surface area contributed by atoms with Gasteiger partial charge in [0.05, 0.1) is 12.2 Å². The Morgan fingerprint density at radius 3 is 2.15 bits per heavy atom. The molecule has 170 valence electrons. The average molecular weight is 456 g/mol. The van der Waals surface area contributed by atoms with Crippen molar-refractivity contribution in [3.8, 4) is 16.9 Å². The second kappa shape index (κ2) is 9.61. The maximum atomic E-state index is 15.1. The van der Waals surface area contributed by atoms with Crippen LogP contribution < -0.4 is 4.74 Å². The summed E-state index contributed by atoms with van der Waals surface area (Å²) >= 11 is 0. The van der Waals surface area contributed by atoms with E-state index in [-0.39, 0.29) is 23.3 Å². The van der Waals surface area contributed by atoms with Crippen LogP contribution in [0.15, 0.2) is 60.7 Å². The molecule has 0 N–H and O–H groups in total. The Balaban J connectivity index is 1.61. The molecule has 0 saturated carbocycles. The van der Waals surface area contributed by atoms with Crippen LogP contribution >= 0.6 is 0 Å². The van der Waals surface area contributed by atoms with Gasteiger partial charge in [-0.2, -0.15) is 0 Å². The fourth-order valence-corrected chi connectivity index (χ4v) is 3.79. The van der Waals surface area contributed by atoms with Gasteiger partial charge >= 0.3 is 0 Å². The third-order valence-corrected chi connectivity index (χ3v) is 5.48. The van der Waals surface area contributed by atoms with E-state index in [4.69, 9.17) is 4.74 Å². The molecule has 0 aliphatic rings. The van der Waals surface area contributed by atoms with Crippen LogP contribution in [0.5, 0.6) is 5.75 Å². The van der Waals surface area contributed by atoms with Crippen molar-refractivity contribution in [3.05, 3.63) is 101 Å². The maximum Gasteiger partial charge on any atom is 0.159 e. The molecule has 0 bridgehead atoms. The molecule has 0 aromatic heterocycles. The zero-order valence-electron chi connectivity index (χ0n) is 17.9. The van der Waals surface area contributed by atoms with E-state index in [0.29, 0.717) is 41.3 Å². The Bertz CT molecular complexity index is 1290. The summed E-state index contributed by atoms with van der Waals surface area (Å²) in [5, 5.41) is 0.803. The zero-order valence-corrected chi connectivity index (χ0v) is 17.9. The van der Waals surface area contributed by atoms with Gasteiger partial charge in [-0.05, 0) is 59.5 Å². The van der Waals surface area contributed by atoms with Crippen molar-refractivity contribution in [2.24, 2.45) is 0 Å². The third-order valence-electron chi connectivity index (χ3n) is 5.48. The van der Waals surface area contributed by atoms with E-state index in [2.05, 4.69) is 0 Å². The highest BCUT2D eigenvalue weighted by Gasteiger charge is 2.16. The Morgan fingerprint density at radius 2 is 1.45 bits per heavy atom. The molecule has 0 radical (unpaired) electrons. The van der Waals surface area contributed by atoms with Crippen LogP contribution in [0, 0.1) is 29.1 Å². The molecule has 0 saturated heterocycles. The van der Waals surface area contributed by atoms with Gasteiger partial charge in [-0.25, -0.2) is 22.0 Å². The zero-order chi connectivity index (χ0) is 23.5. The molecule has 0 fully saturated rings. The van der Waals surface area contributed by atoms with Gasteiger partial charge in [0.25, 0.3) is 0 Å². The summed E-state index contributed by atoms with van der Waals surface area (Å²) in [6.07, 6.45) is 1.33. The molecule has 4 aromatic rings. The minimum atomic E-state index is -0.941. The Labute approximate surface area is 188 Å². The summed E-state index contributed by atoms with van der Waals surface area (Å²) in [6, 6.07) is 13.6. The molecule has 0 aliphatic heterocycles. The number of aryl methyl sites for hydroxylation is 2. The largest absolute Gasteiger partial charge is 0.493 e. The number of hydrogen-bond donors (Lipinski definition) is 0. The first-order valence-corrected chi connectivity index (χ1v) is 10.6. The Kier molecular flexibility index (Phi) is 6.63. The van der Waals surface area contributed by atoms with Crippen LogP contribution in [-0.4, -0.2) is 6.61 Å². The van der Waals surface area contributed by atoms with E-state index in [1.807, 2.05) is 6.92 Å². The highest BCUT2D eigenvalue weighted by atomic mass is 19.2. The molecular weight excluding hydrogens is 435 g/mol. The smallest absolute Gasteiger partial charge is 0.159 e. The van der Waals surface area contributed by atoms with Crippen molar-refractivity contribution in [2.75, 3.05) is 6.61 Å². The number of ether oxygens (including phenoxy) is 1. The molecule has 4 rings (SSSR count). The minimum Gasteiger partial charge on any atom is -0.493 e. The van der Waals surface area contributed by atoms with E-state index in [0.717, 1.165) is 24.3 Å². The lowest BCUT2D eigenvalue weighted by Crippen LogP contribution is -1.99. The third kappa shape index (κ3) is 4.85. The first kappa shape index (κ1) is 22.8. The maximum absolute atomic E-state index is 15.1. The van der Waals surface area contributed by atoms with Gasteiger partial charge in [-0.3, -0.25) is 0 Å². The molecule has 0 heterocycles. The highest BCUT2D eigenvalue weighted by molar-refractivity contribution is 5.88. The summed E-state index contributed by atoms with van der Waals surface area (Å²) in [7, 11) is 0. The van der Waals surface area contributed by atoms with Crippen molar-refractivity contribution in [1.82, 2.24) is 0 Å². The Hall–Kier alpha value is -3.41. The van der Waals surface area contributed by atoms with Crippen molar-refractivity contribution in [2.45, 2.75) is 26.2 Å². The molecule has 33 heavy (non-hydrogen) atoms. The van der Waals surface area contributed by atoms with Crippen LogP contribution in [0.4, 0.5) is 22.0 Å². The normalized spacial score (nSPS) is 11.2. The highest BCUT2D eigenvalue weighted by Crippen LogP contribution is 2.33. The monoisotopic (exact) mass is 456 g/mol. The molecule has 0 amide bonds. The van der Waals surface area contributed by atoms with E-state index in [1.54, 1.807) is 12.1 Å². The fraction of sp³-hybridized carbons (Fsp3) is 0.185. The van der Waals surface area contributed by atoms with Gasteiger partial charge in [0.2, 0.25) is 0 Å². The molecular formula is C27H21F5O. The molecule has 0 spiro atoms. The summed E-state index contributed by atoms with van der Waals surface area (Å²) in [6.45, 7) is 2.25. The van der Waals surface area contributed by atoms with E-state index >= 15 is 4.39 Å². The first-order valence-electron chi connectivity index (χ1n) is 10.6. The lowest BCUT2D eigenvalue weighted by atomic mass is 9.96. The number of halogens is 5. The standard InChI is InChI=1S/C27H21F5O/c1-2-11-33-20-14-24(30)26(25(31)15-20)19-8-9-21-18(13-19)7-6-17(27(21)32)5-3-16-4-10-22(28)23(29)12-16/h4,6-10,12-15H,2-3,5,11H2,1H3. The minimum absolute atomic E-state index is 0.119. The van der Waals surface area contributed by atoms with Crippen LogP contribution in [-0.2, 0) is 12.8 Å². The predicted octanol–water partition coefficient (Wildman–Crippen LogP) is 7.78. The molecule has 1 nitrogen and oxygen atoms in total. The van der Waals surface area contributed by atoms with E-state index < -0.39 is 29.1 Å². The number of hydrogen-bond acceptors (Lipinski definition) is 1. The second-order valence-corrected chi connectivity index (χ2v) is 7.83. The van der Waals surface area contributed by atoms with Gasteiger partial charge in [-0.1, -0.05) is 37.3 Å². The van der Waals surface area contributed by atoms with Crippen molar-refractivity contribution in [1.29, 1.82) is 0 Å². The average Bonchev–Trinajstić information content (AvgIpc) is 2.79. The summed E-state index contributed by atoms with van der Waals surface area (Å²) < 4.78 is 76.1. The van der Waals surface area contributed by atoms with Gasteiger partial charge in [0.1, 0.15) is 23.2 Å². The van der Waals surface area contributed by atoms with Crippen LogP contribution in [0.25, 0.3) is 21.9 Å². The number of rotatable bonds is 7. The van der Waals surface area contributed by atoms with Crippen molar-refractivity contribution >= 4 is 10.8 Å². The lowest BCUT2D eigenvalue weighted by molar-refractivity contribution is 0.314. The topological polar surface area (TPSA) is 9.23 Å². The van der Waals surface area contributed by atoms with Crippen molar-refractivity contribution in [3.63, 3.8) is 0 Å². The predicted molar refractivity (Wildman–Crippen MR) is 119 cm³/mol.